The lowest BCUT2D eigenvalue weighted by Crippen LogP contribution is -2.63. The molecule has 0 bridgehead atoms. The van der Waals surface area contributed by atoms with Gasteiger partial charge in [0.05, 0.1) is 25.3 Å². The molecule has 1 aliphatic rings. The SMILES string of the molecule is [B][C@@]1(c2ccccc2NC(=O)C(C)F)c2cnn(-c3ccccc3)c2N(CC)C(=O)[C@@H]1NC(=O)c1cccc(C(F)(F)F)c1. The summed E-state index contributed by atoms with van der Waals surface area (Å²) in [5, 5.41) is 7.62. The van der Waals surface area contributed by atoms with Crippen LogP contribution in [0.4, 0.5) is 29.1 Å². The monoisotopic (exact) mass is 603 g/mol. The van der Waals surface area contributed by atoms with E-state index in [4.69, 9.17) is 7.85 Å². The molecule has 0 aliphatic carbocycles. The minimum Gasteiger partial charge on any atom is -0.340 e. The normalized spacial score (nSPS) is 18.8. The van der Waals surface area contributed by atoms with Crippen LogP contribution in [0.1, 0.15) is 40.9 Å². The number of alkyl halides is 4. The van der Waals surface area contributed by atoms with Crippen LogP contribution in [0.3, 0.4) is 0 Å². The number of carbonyl (C=O) groups is 3. The predicted molar refractivity (Wildman–Crippen MR) is 156 cm³/mol. The Morgan fingerprint density at radius 2 is 1.70 bits per heavy atom. The number of fused-ring (bicyclic) bond motifs is 1. The van der Waals surface area contributed by atoms with Crippen LogP contribution >= 0.6 is 0 Å². The van der Waals surface area contributed by atoms with Crippen molar-refractivity contribution in [1.82, 2.24) is 15.1 Å². The van der Waals surface area contributed by atoms with Crippen molar-refractivity contribution >= 4 is 37.1 Å². The highest BCUT2D eigenvalue weighted by Crippen LogP contribution is 2.46. The summed E-state index contributed by atoms with van der Waals surface area (Å²) in [5.41, 5.74) is -0.320. The number of rotatable bonds is 7. The van der Waals surface area contributed by atoms with Crippen molar-refractivity contribution in [1.29, 1.82) is 0 Å². The molecule has 2 N–H and O–H groups in total. The fraction of sp³-hybridized carbons (Fsp3) is 0.226. The maximum atomic E-state index is 14.3. The molecule has 3 amide bonds. The molecule has 44 heavy (non-hydrogen) atoms. The molecule has 3 atom stereocenters. The number of benzene rings is 3. The largest absolute Gasteiger partial charge is 0.416 e. The molecule has 1 unspecified atom stereocenters. The van der Waals surface area contributed by atoms with Gasteiger partial charge in [-0.3, -0.25) is 19.3 Å². The number of likely N-dealkylation sites (N-methyl/N-ethyl adjacent to an activating group) is 1. The highest BCUT2D eigenvalue weighted by Gasteiger charge is 2.52. The van der Waals surface area contributed by atoms with Gasteiger partial charge in [0.25, 0.3) is 17.7 Å². The van der Waals surface area contributed by atoms with E-state index in [1.165, 1.54) is 34.0 Å². The average molecular weight is 603 g/mol. The Balaban J connectivity index is 1.71. The molecule has 2 heterocycles. The zero-order valence-corrected chi connectivity index (χ0v) is 23.6. The first-order valence-corrected chi connectivity index (χ1v) is 13.6. The van der Waals surface area contributed by atoms with E-state index in [0.29, 0.717) is 11.8 Å². The zero-order valence-electron chi connectivity index (χ0n) is 23.6. The lowest BCUT2D eigenvalue weighted by atomic mass is 9.54. The van der Waals surface area contributed by atoms with Crippen LogP contribution in [0.2, 0.25) is 0 Å². The Morgan fingerprint density at radius 1 is 1.02 bits per heavy atom. The number of amides is 3. The van der Waals surface area contributed by atoms with Gasteiger partial charge in [-0.1, -0.05) is 42.5 Å². The number of halogens is 4. The number of para-hydroxylation sites is 2. The molecule has 0 fully saturated rings. The van der Waals surface area contributed by atoms with Gasteiger partial charge in [-0.2, -0.15) is 18.3 Å². The van der Waals surface area contributed by atoms with Gasteiger partial charge in [0.1, 0.15) is 11.9 Å². The maximum Gasteiger partial charge on any atom is 0.416 e. The van der Waals surface area contributed by atoms with E-state index in [1.54, 1.807) is 49.4 Å². The molecule has 4 aromatic rings. The molecule has 3 aromatic carbocycles. The van der Waals surface area contributed by atoms with Gasteiger partial charge in [-0.15, -0.1) is 0 Å². The smallest absolute Gasteiger partial charge is 0.340 e. The first-order valence-electron chi connectivity index (χ1n) is 13.6. The Hall–Kier alpha value is -4.94. The molecule has 1 aliphatic heterocycles. The fourth-order valence-electron chi connectivity index (χ4n) is 5.28. The molecule has 2 radical (unpaired) electrons. The Morgan fingerprint density at radius 3 is 2.36 bits per heavy atom. The van der Waals surface area contributed by atoms with E-state index in [1.807, 2.05) is 0 Å². The second-order valence-corrected chi connectivity index (χ2v) is 10.2. The van der Waals surface area contributed by atoms with Crippen molar-refractivity contribution in [3.8, 4) is 5.69 Å². The number of hydrogen-bond donors (Lipinski definition) is 2. The summed E-state index contributed by atoms with van der Waals surface area (Å²) < 4.78 is 55.7. The Labute approximate surface area is 251 Å². The van der Waals surface area contributed by atoms with Crippen LogP contribution in [0.25, 0.3) is 5.69 Å². The van der Waals surface area contributed by atoms with Crippen LogP contribution in [0.15, 0.2) is 85.1 Å². The van der Waals surface area contributed by atoms with Gasteiger partial charge >= 0.3 is 6.18 Å². The number of anilines is 2. The molecular formula is C31H26BF4N5O3. The lowest BCUT2D eigenvalue weighted by Gasteiger charge is -2.46. The minimum absolute atomic E-state index is 0.0685. The predicted octanol–water partition coefficient (Wildman–Crippen LogP) is 4.76. The Kier molecular flexibility index (Phi) is 8.06. The summed E-state index contributed by atoms with van der Waals surface area (Å²) >= 11 is 0. The quantitative estimate of drug-likeness (QED) is 0.235. The molecule has 224 valence electrons. The van der Waals surface area contributed by atoms with Crippen LogP contribution in [0, 0.1) is 0 Å². The van der Waals surface area contributed by atoms with Gasteiger partial charge in [-0.05, 0) is 55.8 Å². The third kappa shape index (κ3) is 5.33. The van der Waals surface area contributed by atoms with Gasteiger partial charge in [0.2, 0.25) is 0 Å². The molecular weight excluding hydrogens is 577 g/mol. The van der Waals surface area contributed by atoms with Crippen molar-refractivity contribution in [2.24, 2.45) is 0 Å². The molecule has 5 rings (SSSR count). The van der Waals surface area contributed by atoms with Gasteiger partial charge in [-0.25, -0.2) is 9.07 Å². The van der Waals surface area contributed by atoms with Crippen LogP contribution in [0.5, 0.6) is 0 Å². The van der Waals surface area contributed by atoms with E-state index in [9.17, 15) is 31.9 Å². The van der Waals surface area contributed by atoms with Gasteiger partial charge in [0, 0.05) is 28.7 Å². The number of aromatic nitrogens is 2. The highest BCUT2D eigenvalue weighted by atomic mass is 19.4. The van der Waals surface area contributed by atoms with E-state index in [0.717, 1.165) is 19.1 Å². The third-order valence-electron chi connectivity index (χ3n) is 7.45. The van der Waals surface area contributed by atoms with Crippen molar-refractivity contribution in [3.05, 3.63) is 107 Å². The average Bonchev–Trinajstić information content (AvgIpc) is 3.45. The lowest BCUT2D eigenvalue weighted by molar-refractivity contribution is -0.137. The first kappa shape index (κ1) is 30.5. The number of nitrogens with zero attached hydrogens (tertiary/aromatic N) is 3. The number of nitrogens with one attached hydrogen (secondary N) is 2. The topological polar surface area (TPSA) is 96.3 Å². The molecule has 13 heteroatoms. The summed E-state index contributed by atoms with van der Waals surface area (Å²) in [6, 6.07) is 17.2. The van der Waals surface area contributed by atoms with Crippen molar-refractivity contribution in [2.75, 3.05) is 16.8 Å². The summed E-state index contributed by atoms with van der Waals surface area (Å²) in [5.74, 6) is -2.35. The highest BCUT2D eigenvalue weighted by molar-refractivity contribution is 6.26. The van der Waals surface area contributed by atoms with Gasteiger partial charge < -0.3 is 10.6 Å². The second kappa shape index (κ2) is 11.6. The molecule has 0 saturated heterocycles. The number of carbonyl (C=O) groups excluding carboxylic acids is 3. The van der Waals surface area contributed by atoms with Crippen LogP contribution in [-0.2, 0) is 21.1 Å². The van der Waals surface area contributed by atoms with E-state index >= 15 is 0 Å². The van der Waals surface area contributed by atoms with Gasteiger partial charge in [0.15, 0.2) is 6.17 Å². The summed E-state index contributed by atoms with van der Waals surface area (Å²) in [7, 11) is 7.17. The van der Waals surface area contributed by atoms with E-state index in [2.05, 4.69) is 15.7 Å². The zero-order chi connectivity index (χ0) is 31.8. The van der Waals surface area contributed by atoms with Crippen molar-refractivity contribution < 1.29 is 31.9 Å². The first-order chi connectivity index (χ1) is 20.9. The molecule has 0 saturated carbocycles. The molecule has 0 spiro atoms. The maximum absolute atomic E-state index is 14.3. The van der Waals surface area contributed by atoms with E-state index in [-0.39, 0.29) is 34.7 Å². The second-order valence-electron chi connectivity index (χ2n) is 10.2. The third-order valence-corrected chi connectivity index (χ3v) is 7.45. The van der Waals surface area contributed by atoms with Crippen LogP contribution in [-0.4, -0.2) is 54.1 Å². The van der Waals surface area contributed by atoms with E-state index < -0.39 is 47.0 Å². The summed E-state index contributed by atoms with van der Waals surface area (Å²) in [6.45, 7) is 2.88. The minimum atomic E-state index is -4.71. The standard InChI is InChI=1S/C31H26BF4N5O3/c1-3-40-28-23(17-37-41(28)21-12-5-4-6-13-21)30(32,22-14-7-8-15-24(22)38-26(42)18(2)33)25(29(40)44)39-27(43)19-10-9-11-20(16-19)31(34,35)36/h4-18,25H,3H2,1-2H3,(H,38,42)(H,39,43)/t18?,25-,30-/m0/s1. The van der Waals surface area contributed by atoms with Crippen LogP contribution < -0.4 is 15.5 Å². The van der Waals surface area contributed by atoms with Crippen molar-refractivity contribution in [3.63, 3.8) is 0 Å². The van der Waals surface area contributed by atoms with Crippen molar-refractivity contribution in [2.45, 2.75) is 37.6 Å². The molecule has 1 aromatic heterocycles. The Bertz CT molecular complexity index is 1730. The molecule has 8 nitrogen and oxygen atoms in total. The summed E-state index contributed by atoms with van der Waals surface area (Å²) in [6.07, 6.45) is -5.16. The summed E-state index contributed by atoms with van der Waals surface area (Å²) in [4.78, 5) is 41.6. The fourth-order valence-corrected chi connectivity index (χ4v) is 5.28. The number of hydrogen-bond acceptors (Lipinski definition) is 4.